The number of hydrogen-bond acceptors (Lipinski definition) is 7. The van der Waals surface area contributed by atoms with Gasteiger partial charge in [-0.3, -0.25) is 14.3 Å². The van der Waals surface area contributed by atoms with Crippen LogP contribution in [-0.4, -0.2) is 75.1 Å². The van der Waals surface area contributed by atoms with Crippen molar-refractivity contribution in [2.75, 3.05) is 39.5 Å². The van der Waals surface area contributed by atoms with Crippen molar-refractivity contribution < 1.29 is 9.53 Å². The average molecular weight is 406 g/mol. The van der Waals surface area contributed by atoms with Crippen molar-refractivity contribution in [1.82, 2.24) is 29.3 Å². The standard InChI is InChI=1S/C19H31N7O3/c1-4-5-12-29-18-22-15(20)14-16(23-18)26(19(28)21-14)11-7-10-25-9-6-8-13(25)17(27)24(2)3/h13H,4-12H2,1-3H3,(H,21,28)(H2,20,22,23). The van der Waals surface area contributed by atoms with Gasteiger partial charge in [0.05, 0.1) is 12.6 Å². The van der Waals surface area contributed by atoms with Gasteiger partial charge in [-0.15, -0.1) is 0 Å². The molecule has 1 aliphatic heterocycles. The van der Waals surface area contributed by atoms with Crippen LogP contribution in [0.15, 0.2) is 4.79 Å². The number of amides is 1. The van der Waals surface area contributed by atoms with Crippen LogP contribution in [0.3, 0.4) is 0 Å². The van der Waals surface area contributed by atoms with Crippen molar-refractivity contribution in [3.05, 3.63) is 10.5 Å². The highest BCUT2D eigenvalue weighted by Gasteiger charge is 2.31. The van der Waals surface area contributed by atoms with Crippen molar-refractivity contribution in [3.63, 3.8) is 0 Å². The number of H-pyrrole nitrogens is 1. The van der Waals surface area contributed by atoms with Gasteiger partial charge in [0.25, 0.3) is 0 Å². The van der Waals surface area contributed by atoms with Gasteiger partial charge in [-0.2, -0.15) is 9.97 Å². The monoisotopic (exact) mass is 405 g/mol. The van der Waals surface area contributed by atoms with Crippen LogP contribution in [0, 0.1) is 0 Å². The van der Waals surface area contributed by atoms with E-state index in [-0.39, 0.29) is 29.5 Å². The fourth-order valence-corrected chi connectivity index (χ4v) is 3.71. The number of carbonyl (C=O) groups excluding carboxylic acids is 1. The number of nitrogens with two attached hydrogens (primary N) is 1. The molecule has 10 nitrogen and oxygen atoms in total. The number of unbranched alkanes of at least 4 members (excludes halogenated alkanes) is 1. The first kappa shape index (κ1) is 21.1. The third kappa shape index (κ3) is 4.69. The predicted octanol–water partition coefficient (Wildman–Crippen LogP) is 0.823. The Morgan fingerprint density at radius 3 is 2.83 bits per heavy atom. The first-order valence-corrected chi connectivity index (χ1v) is 10.3. The van der Waals surface area contributed by atoms with Crippen LogP contribution in [0.2, 0.25) is 0 Å². The molecule has 0 aromatic carbocycles. The lowest BCUT2D eigenvalue weighted by Gasteiger charge is -2.26. The van der Waals surface area contributed by atoms with E-state index in [1.54, 1.807) is 23.6 Å². The Hall–Kier alpha value is -2.62. The molecule has 1 aliphatic rings. The normalized spacial score (nSPS) is 17.1. The molecule has 0 bridgehead atoms. The number of ether oxygens (including phenoxy) is 1. The van der Waals surface area contributed by atoms with Gasteiger partial charge in [0.15, 0.2) is 11.5 Å². The second-order valence-electron chi connectivity index (χ2n) is 7.65. The van der Waals surface area contributed by atoms with Crippen LogP contribution in [0.1, 0.15) is 39.0 Å². The third-order valence-electron chi connectivity index (χ3n) is 5.28. The topological polar surface area (TPSA) is 122 Å². The summed E-state index contributed by atoms with van der Waals surface area (Å²) in [5.74, 6) is 0.342. The fraction of sp³-hybridized carbons (Fsp3) is 0.684. The minimum Gasteiger partial charge on any atom is -0.463 e. The Bertz CT molecular complexity index is 905. The Morgan fingerprint density at radius 1 is 1.31 bits per heavy atom. The summed E-state index contributed by atoms with van der Waals surface area (Å²) in [7, 11) is 3.57. The first-order valence-electron chi connectivity index (χ1n) is 10.3. The lowest BCUT2D eigenvalue weighted by atomic mass is 10.2. The van der Waals surface area contributed by atoms with Crippen molar-refractivity contribution in [3.8, 4) is 6.01 Å². The number of nitrogens with zero attached hydrogens (tertiary/aromatic N) is 5. The molecule has 160 valence electrons. The molecule has 3 N–H and O–H groups in total. The summed E-state index contributed by atoms with van der Waals surface area (Å²) in [6.45, 7) is 4.69. The third-order valence-corrected chi connectivity index (χ3v) is 5.28. The minimum absolute atomic E-state index is 0.0683. The molecule has 2 aromatic heterocycles. The number of nitrogen functional groups attached to an aromatic ring is 1. The number of anilines is 1. The van der Waals surface area contributed by atoms with Crippen LogP contribution in [-0.2, 0) is 11.3 Å². The summed E-state index contributed by atoms with van der Waals surface area (Å²) in [6, 6.07) is 0.119. The lowest BCUT2D eigenvalue weighted by Crippen LogP contribution is -2.43. The first-order chi connectivity index (χ1) is 13.9. The van der Waals surface area contributed by atoms with Crippen LogP contribution in [0.4, 0.5) is 5.82 Å². The molecule has 2 aromatic rings. The number of hydrogen-bond donors (Lipinski definition) is 2. The van der Waals surface area contributed by atoms with Gasteiger partial charge in [0.2, 0.25) is 5.91 Å². The number of aryl methyl sites for hydroxylation is 1. The number of aromatic amines is 1. The molecule has 0 saturated carbocycles. The smallest absolute Gasteiger partial charge is 0.327 e. The highest BCUT2D eigenvalue weighted by atomic mass is 16.5. The van der Waals surface area contributed by atoms with Crippen molar-refractivity contribution in [2.45, 2.75) is 51.6 Å². The molecule has 1 fully saturated rings. The summed E-state index contributed by atoms with van der Waals surface area (Å²) >= 11 is 0. The Balaban J connectivity index is 1.70. The number of nitrogens with one attached hydrogen (secondary N) is 1. The van der Waals surface area contributed by atoms with E-state index < -0.39 is 0 Å². The van der Waals surface area contributed by atoms with Crippen LogP contribution < -0.4 is 16.2 Å². The SMILES string of the molecule is CCCCOc1nc(N)c2[nH]c(=O)n(CCCN3CCCC3C(=O)N(C)C)c2n1. The zero-order valence-electron chi connectivity index (χ0n) is 17.5. The quantitative estimate of drug-likeness (QED) is 0.592. The molecule has 3 heterocycles. The Morgan fingerprint density at radius 2 is 2.10 bits per heavy atom. The summed E-state index contributed by atoms with van der Waals surface area (Å²) < 4.78 is 7.13. The molecular formula is C19H31N7O3. The summed E-state index contributed by atoms with van der Waals surface area (Å²) in [4.78, 5) is 39.9. The molecule has 0 radical (unpaired) electrons. The fourth-order valence-electron chi connectivity index (χ4n) is 3.71. The van der Waals surface area contributed by atoms with Gasteiger partial charge in [-0.05, 0) is 32.2 Å². The summed E-state index contributed by atoms with van der Waals surface area (Å²) in [5, 5.41) is 0. The van der Waals surface area contributed by atoms with Gasteiger partial charge in [0, 0.05) is 27.2 Å². The highest BCUT2D eigenvalue weighted by molar-refractivity contribution is 5.82. The number of fused-ring (bicyclic) bond motifs is 1. The molecular weight excluding hydrogens is 374 g/mol. The maximum atomic E-state index is 12.4. The van der Waals surface area contributed by atoms with Gasteiger partial charge >= 0.3 is 11.7 Å². The highest BCUT2D eigenvalue weighted by Crippen LogP contribution is 2.20. The van der Waals surface area contributed by atoms with E-state index in [2.05, 4.69) is 26.8 Å². The number of likely N-dealkylation sites (tertiary alicyclic amines) is 1. The molecule has 1 amide bonds. The van der Waals surface area contributed by atoms with E-state index in [9.17, 15) is 9.59 Å². The van der Waals surface area contributed by atoms with Crippen LogP contribution >= 0.6 is 0 Å². The molecule has 10 heteroatoms. The van der Waals surface area contributed by atoms with E-state index in [0.717, 1.165) is 45.2 Å². The maximum Gasteiger partial charge on any atom is 0.327 e. The van der Waals surface area contributed by atoms with Crippen molar-refractivity contribution in [2.24, 2.45) is 0 Å². The van der Waals surface area contributed by atoms with Gasteiger partial charge in [-0.1, -0.05) is 13.3 Å². The maximum absolute atomic E-state index is 12.4. The number of likely N-dealkylation sites (N-methyl/N-ethyl adjacent to an activating group) is 1. The molecule has 0 spiro atoms. The number of imidazole rings is 1. The predicted molar refractivity (Wildman–Crippen MR) is 111 cm³/mol. The number of aromatic nitrogens is 4. The summed E-state index contributed by atoms with van der Waals surface area (Å²) in [5.41, 5.74) is 6.60. The Labute approximate surface area is 170 Å². The zero-order valence-corrected chi connectivity index (χ0v) is 17.5. The summed E-state index contributed by atoms with van der Waals surface area (Å²) in [6.07, 6.45) is 4.51. The molecule has 29 heavy (non-hydrogen) atoms. The van der Waals surface area contributed by atoms with Crippen LogP contribution in [0.5, 0.6) is 6.01 Å². The largest absolute Gasteiger partial charge is 0.463 e. The Kier molecular flexibility index (Phi) is 6.73. The average Bonchev–Trinajstić information content (AvgIpc) is 3.27. The van der Waals surface area contributed by atoms with Crippen molar-refractivity contribution in [1.29, 1.82) is 0 Å². The molecule has 3 rings (SSSR count). The minimum atomic E-state index is -0.269. The van der Waals surface area contributed by atoms with E-state index in [1.807, 2.05) is 0 Å². The van der Waals surface area contributed by atoms with Gasteiger partial charge in [0.1, 0.15) is 5.52 Å². The van der Waals surface area contributed by atoms with Crippen LogP contribution in [0.25, 0.3) is 11.2 Å². The number of carbonyl (C=O) groups is 1. The molecule has 0 aliphatic carbocycles. The van der Waals surface area contributed by atoms with E-state index in [0.29, 0.717) is 24.3 Å². The van der Waals surface area contributed by atoms with E-state index >= 15 is 0 Å². The zero-order chi connectivity index (χ0) is 21.0. The second-order valence-corrected chi connectivity index (χ2v) is 7.65. The number of rotatable bonds is 9. The van der Waals surface area contributed by atoms with E-state index in [4.69, 9.17) is 10.5 Å². The van der Waals surface area contributed by atoms with Gasteiger partial charge < -0.3 is 20.4 Å². The van der Waals surface area contributed by atoms with E-state index in [1.165, 1.54) is 0 Å². The molecule has 1 unspecified atom stereocenters. The molecule has 1 atom stereocenters. The second kappa shape index (κ2) is 9.25. The molecule has 1 saturated heterocycles. The lowest BCUT2D eigenvalue weighted by molar-refractivity contribution is -0.133. The van der Waals surface area contributed by atoms with Crippen molar-refractivity contribution >= 4 is 22.9 Å². The van der Waals surface area contributed by atoms with Gasteiger partial charge in [-0.25, -0.2) is 4.79 Å².